The highest BCUT2D eigenvalue weighted by Crippen LogP contribution is 2.57. The quantitative estimate of drug-likeness (QED) is 0.120. The van der Waals surface area contributed by atoms with Gasteiger partial charge in [0.05, 0.1) is 11.4 Å². The van der Waals surface area contributed by atoms with Gasteiger partial charge in [-0.25, -0.2) is 0 Å². The average molecular weight is 1160 g/mol. The molecule has 0 N–H and O–H groups in total. The van der Waals surface area contributed by atoms with Gasteiger partial charge in [-0.05, 0) is 175 Å². The highest BCUT2D eigenvalue weighted by Gasteiger charge is 2.50. The van der Waals surface area contributed by atoms with Crippen LogP contribution in [-0.4, -0.2) is 19.3 Å². The van der Waals surface area contributed by atoms with Gasteiger partial charge in [-0.15, -0.1) is 0 Å². The highest BCUT2D eigenvalue weighted by atomic mass is 15.2. The summed E-state index contributed by atoms with van der Waals surface area (Å²) in [6.07, 6.45) is 5.24. The van der Waals surface area contributed by atoms with Crippen LogP contribution in [0.1, 0.15) is 25.7 Å². The number of anilines is 7. The Morgan fingerprint density at radius 2 is 0.593 bits per heavy atom. The molecule has 0 aromatic heterocycles. The van der Waals surface area contributed by atoms with E-state index in [1.54, 1.807) is 0 Å². The Bertz CT molecular complexity index is 4460. The summed E-state index contributed by atoms with van der Waals surface area (Å²) in [5, 5.41) is 0. The fraction of sp³-hybridized carbons (Fsp3) is 0.103. The van der Waals surface area contributed by atoms with Crippen LogP contribution in [0, 0.1) is 17.8 Å². The van der Waals surface area contributed by atoms with E-state index >= 15 is 0 Å². The van der Waals surface area contributed by atoms with Gasteiger partial charge in [0.15, 0.2) is 0 Å². The van der Waals surface area contributed by atoms with E-state index in [1.807, 2.05) is 0 Å². The number of hydrogen-bond donors (Lipinski definition) is 0. The number of piperidine rings is 1. The van der Waals surface area contributed by atoms with Crippen LogP contribution in [0.2, 0.25) is 0 Å². The van der Waals surface area contributed by atoms with E-state index in [4.69, 9.17) is 0 Å². The molecule has 3 heterocycles. The third-order valence-corrected chi connectivity index (χ3v) is 20.8. The summed E-state index contributed by atoms with van der Waals surface area (Å²) in [7, 11) is 0. The summed E-state index contributed by atoms with van der Waals surface area (Å²) in [5.74, 6) is 2.28. The second-order valence-corrected chi connectivity index (χ2v) is 26.0. The van der Waals surface area contributed by atoms with Crippen LogP contribution in [-0.2, 0) is 0 Å². The third kappa shape index (κ3) is 9.18. The molecule has 3 bridgehead atoms. The molecule has 4 atom stereocenters. The van der Waals surface area contributed by atoms with Crippen molar-refractivity contribution in [3.8, 4) is 89.0 Å². The molecule has 4 unspecified atom stereocenters. The molecule has 0 radical (unpaired) electrons. The molecule has 18 rings (SSSR count). The molecule has 1 saturated heterocycles. The Kier molecular flexibility index (Phi) is 13.0. The SMILES string of the molecule is c1ccc(-c2ccc3c(c2)B2c4cc(-c5ccccc5)ccc4N(c4c(-c5ccccc5)cc(-c5ccccc5)cc4-c4ccccc4)c4cc(N5CC6CC7CC6CC5C7)cc(c42)N3c2c(-c3ccccc3)cc(-c3ccccc3)cc2-c2ccccc2)cc1. The lowest BCUT2D eigenvalue weighted by Gasteiger charge is -2.48. The van der Waals surface area contributed by atoms with Crippen LogP contribution < -0.4 is 31.1 Å². The maximum Gasteiger partial charge on any atom is 0.252 e. The van der Waals surface area contributed by atoms with E-state index in [-0.39, 0.29) is 6.71 Å². The van der Waals surface area contributed by atoms with E-state index in [0.29, 0.717) is 12.0 Å². The van der Waals surface area contributed by atoms with Crippen molar-refractivity contribution >= 4 is 62.9 Å². The van der Waals surface area contributed by atoms with Gasteiger partial charge in [0.25, 0.3) is 6.71 Å². The molecule has 2 saturated carbocycles. The molecular formula is C87H66BN3. The lowest BCUT2D eigenvalue weighted by atomic mass is 9.33. The Morgan fingerprint density at radius 3 is 0.956 bits per heavy atom. The highest BCUT2D eigenvalue weighted by molar-refractivity contribution is 7.00. The van der Waals surface area contributed by atoms with Crippen molar-refractivity contribution in [1.29, 1.82) is 0 Å². The molecule has 91 heavy (non-hydrogen) atoms. The maximum absolute atomic E-state index is 2.90. The number of nitrogens with zero attached hydrogens (tertiary/aromatic N) is 3. The van der Waals surface area contributed by atoms with Crippen LogP contribution >= 0.6 is 0 Å². The molecule has 3 fully saturated rings. The van der Waals surface area contributed by atoms with Gasteiger partial charge >= 0.3 is 0 Å². The van der Waals surface area contributed by atoms with Gasteiger partial charge in [-0.3, -0.25) is 0 Å². The smallest absolute Gasteiger partial charge is 0.252 e. The summed E-state index contributed by atoms with van der Waals surface area (Å²) in [5.41, 5.74) is 31.2. The molecular weight excluding hydrogens is 1100 g/mol. The maximum atomic E-state index is 2.90. The molecule has 13 aromatic carbocycles. The van der Waals surface area contributed by atoms with Gasteiger partial charge in [-0.2, -0.15) is 0 Å². The zero-order chi connectivity index (χ0) is 59.9. The Hall–Kier alpha value is -10.7. The largest absolute Gasteiger partial charge is 0.368 e. The zero-order valence-electron chi connectivity index (χ0n) is 50.8. The Balaban J connectivity index is 1.02. The van der Waals surface area contributed by atoms with E-state index in [0.717, 1.165) is 18.4 Å². The minimum absolute atomic E-state index is 0.176. The molecule has 5 aliphatic rings. The summed E-state index contributed by atoms with van der Waals surface area (Å²) < 4.78 is 0. The van der Waals surface area contributed by atoms with E-state index in [2.05, 4.69) is 330 Å². The molecule has 4 heteroatoms. The van der Waals surface area contributed by atoms with Crippen molar-refractivity contribution in [1.82, 2.24) is 0 Å². The first-order valence-corrected chi connectivity index (χ1v) is 32.7. The van der Waals surface area contributed by atoms with E-state index in [9.17, 15) is 0 Å². The van der Waals surface area contributed by atoms with E-state index < -0.39 is 0 Å². The monoisotopic (exact) mass is 1160 g/mol. The molecule has 2 aliphatic carbocycles. The topological polar surface area (TPSA) is 9.72 Å². The fourth-order valence-corrected chi connectivity index (χ4v) is 16.8. The lowest BCUT2D eigenvalue weighted by molar-refractivity contribution is 0.242. The standard InChI is InChI=1S/C87H66BN3/c1-9-25-59(26-10-1)67-41-43-81-79(53-67)88-80-54-68(60-27-11-2-12-28-60)42-44-82(80)91(87-77(65-37-21-7-22-38-65)51-71(62-31-15-4-16-32-62)52-78(87)66-39-23-8-24-40-66)84-56-74(89-57-72-46-58-45-69(72)48-73(89)47-58)55-83(85(84)88)90(81)86-75(63-33-17-5-18-34-63)49-70(61-29-13-3-14-30-61)50-76(86)64-35-19-6-20-36-64/h1-44,49-56,58,69,72-73H,45-48,57H2. The van der Waals surface area contributed by atoms with Crippen LogP contribution in [0.4, 0.5) is 39.8 Å². The van der Waals surface area contributed by atoms with Gasteiger partial charge in [0.2, 0.25) is 0 Å². The first kappa shape index (κ1) is 53.4. The Labute approximate surface area is 534 Å². The number of fused-ring (bicyclic) bond motifs is 6. The Morgan fingerprint density at radius 1 is 0.264 bits per heavy atom. The minimum atomic E-state index is -0.176. The number of hydrogen-bond acceptors (Lipinski definition) is 3. The van der Waals surface area contributed by atoms with Gasteiger partial charge in [0.1, 0.15) is 0 Å². The van der Waals surface area contributed by atoms with Crippen LogP contribution in [0.5, 0.6) is 0 Å². The number of benzene rings is 13. The zero-order valence-corrected chi connectivity index (χ0v) is 50.8. The normalized spacial score (nSPS) is 17.4. The van der Waals surface area contributed by atoms with Gasteiger partial charge < -0.3 is 14.7 Å². The average Bonchev–Trinajstić information content (AvgIpc) is 0.769. The van der Waals surface area contributed by atoms with Crippen molar-refractivity contribution in [3.63, 3.8) is 0 Å². The summed E-state index contributed by atoms with van der Waals surface area (Å²) in [6.45, 7) is 0.902. The predicted molar refractivity (Wildman–Crippen MR) is 384 cm³/mol. The van der Waals surface area contributed by atoms with Crippen molar-refractivity contribution in [2.45, 2.75) is 31.7 Å². The minimum Gasteiger partial charge on any atom is -0.368 e. The fourth-order valence-electron chi connectivity index (χ4n) is 16.8. The second-order valence-electron chi connectivity index (χ2n) is 26.0. The first-order valence-electron chi connectivity index (χ1n) is 32.7. The van der Waals surface area contributed by atoms with Crippen LogP contribution in [0.15, 0.2) is 315 Å². The van der Waals surface area contributed by atoms with Crippen molar-refractivity contribution in [2.24, 2.45) is 17.8 Å². The van der Waals surface area contributed by atoms with Crippen molar-refractivity contribution in [3.05, 3.63) is 315 Å². The van der Waals surface area contributed by atoms with Gasteiger partial charge in [0, 0.05) is 63.3 Å². The molecule has 3 nitrogen and oxygen atoms in total. The van der Waals surface area contributed by atoms with Gasteiger partial charge in [-0.1, -0.05) is 267 Å². The third-order valence-electron chi connectivity index (χ3n) is 20.8. The van der Waals surface area contributed by atoms with E-state index in [1.165, 1.54) is 171 Å². The van der Waals surface area contributed by atoms with Crippen molar-refractivity contribution in [2.75, 3.05) is 21.2 Å². The molecule has 432 valence electrons. The predicted octanol–water partition coefficient (Wildman–Crippen LogP) is 20.7. The molecule has 0 spiro atoms. The molecule has 3 aliphatic heterocycles. The van der Waals surface area contributed by atoms with Crippen LogP contribution in [0.3, 0.4) is 0 Å². The summed E-state index contributed by atoms with van der Waals surface area (Å²) in [6, 6.07) is 119. The number of rotatable bonds is 11. The molecule has 0 amide bonds. The molecule has 13 aromatic rings. The summed E-state index contributed by atoms with van der Waals surface area (Å²) in [4.78, 5) is 8.39. The van der Waals surface area contributed by atoms with Crippen LogP contribution in [0.25, 0.3) is 89.0 Å². The first-order chi connectivity index (χ1) is 45.1. The second kappa shape index (κ2) is 22.1. The lowest BCUT2D eigenvalue weighted by Crippen LogP contribution is -2.61. The van der Waals surface area contributed by atoms with Crippen molar-refractivity contribution < 1.29 is 0 Å². The summed E-state index contributed by atoms with van der Waals surface area (Å²) >= 11 is 0.